The van der Waals surface area contributed by atoms with Crippen LogP contribution in [0.2, 0.25) is 0 Å². The molecule has 0 spiro atoms. The highest BCUT2D eigenvalue weighted by Gasteiger charge is 2.07. The molecule has 16 heavy (non-hydrogen) atoms. The second kappa shape index (κ2) is 4.63. The van der Waals surface area contributed by atoms with Crippen LogP contribution in [-0.2, 0) is 0 Å². The molecule has 0 amide bonds. The van der Waals surface area contributed by atoms with E-state index in [0.717, 1.165) is 20.6 Å². The lowest BCUT2D eigenvalue weighted by Crippen LogP contribution is -1.93. The first kappa shape index (κ1) is 11.7. The van der Waals surface area contributed by atoms with Gasteiger partial charge < -0.3 is 0 Å². The molecule has 0 aliphatic rings. The Morgan fingerprint density at radius 2 is 1.56 bits per heavy atom. The molecule has 1 aromatic heterocycles. The van der Waals surface area contributed by atoms with Crippen molar-refractivity contribution in [2.75, 3.05) is 0 Å². The fourth-order valence-corrected chi connectivity index (χ4v) is 2.56. The van der Waals surface area contributed by atoms with Gasteiger partial charge >= 0.3 is 0 Å². The lowest BCUT2D eigenvalue weighted by molar-refractivity contribution is 1.11. The minimum atomic E-state index is 0.738. The summed E-state index contributed by atoms with van der Waals surface area (Å²) in [6.45, 7) is 4.13. The Labute approximate surface area is 111 Å². The number of nitrogens with zero attached hydrogens (tertiary/aromatic N) is 2. The van der Waals surface area contributed by atoms with Crippen molar-refractivity contribution in [3.8, 4) is 11.4 Å². The van der Waals surface area contributed by atoms with Gasteiger partial charge in [-0.2, -0.15) is 0 Å². The van der Waals surface area contributed by atoms with Crippen molar-refractivity contribution in [3.63, 3.8) is 0 Å². The molecule has 0 atom stereocenters. The number of hydrogen-bond donors (Lipinski definition) is 0. The molecule has 0 radical (unpaired) electrons. The summed E-state index contributed by atoms with van der Waals surface area (Å²) < 4.78 is 1.57. The van der Waals surface area contributed by atoms with E-state index in [-0.39, 0.29) is 0 Å². The molecule has 1 aromatic carbocycles. The molecule has 1 heterocycles. The van der Waals surface area contributed by atoms with E-state index in [1.54, 1.807) is 0 Å². The zero-order valence-corrected chi connectivity index (χ0v) is 12.1. The highest BCUT2D eigenvalue weighted by molar-refractivity contribution is 9.11. The third-order valence-corrected chi connectivity index (χ3v) is 3.11. The van der Waals surface area contributed by atoms with Gasteiger partial charge in [0.15, 0.2) is 5.82 Å². The topological polar surface area (TPSA) is 25.8 Å². The first-order valence-corrected chi connectivity index (χ1v) is 6.42. The minimum Gasteiger partial charge on any atom is -0.221 e. The van der Waals surface area contributed by atoms with Gasteiger partial charge in [0.2, 0.25) is 0 Å². The van der Waals surface area contributed by atoms with Gasteiger partial charge in [0.25, 0.3) is 0 Å². The molecule has 4 heteroatoms. The van der Waals surface area contributed by atoms with Crippen molar-refractivity contribution < 1.29 is 0 Å². The average Bonchev–Trinajstić information content (AvgIpc) is 2.20. The Balaban J connectivity index is 2.62. The first-order valence-electron chi connectivity index (χ1n) is 4.84. The van der Waals surface area contributed by atoms with Crippen LogP contribution in [-0.4, -0.2) is 9.97 Å². The van der Waals surface area contributed by atoms with Crippen LogP contribution in [0.4, 0.5) is 0 Å². The molecule has 2 aromatic rings. The van der Waals surface area contributed by atoms with E-state index >= 15 is 0 Å². The zero-order chi connectivity index (χ0) is 11.7. The van der Waals surface area contributed by atoms with E-state index < -0.39 is 0 Å². The Hall–Kier alpha value is -0.740. The molecule has 0 aliphatic carbocycles. The Bertz CT molecular complexity index is 518. The minimum absolute atomic E-state index is 0.738. The van der Waals surface area contributed by atoms with Crippen molar-refractivity contribution in [2.45, 2.75) is 13.8 Å². The molecule has 2 rings (SSSR count). The lowest BCUT2D eigenvalue weighted by Gasteiger charge is -2.06. The highest BCUT2D eigenvalue weighted by atomic mass is 79.9. The second-order valence-electron chi connectivity index (χ2n) is 3.66. The maximum atomic E-state index is 4.38. The predicted molar refractivity (Wildman–Crippen MR) is 72.3 cm³/mol. The fraction of sp³-hybridized carbons (Fsp3) is 0.167. The van der Waals surface area contributed by atoms with Crippen LogP contribution in [0.3, 0.4) is 0 Å². The van der Waals surface area contributed by atoms with Crippen molar-refractivity contribution in [1.82, 2.24) is 9.97 Å². The molecule has 0 unspecified atom stereocenters. The number of halogens is 2. The molecule has 2 nitrogen and oxygen atoms in total. The van der Waals surface area contributed by atoms with Gasteiger partial charge in [-0.05, 0) is 57.3 Å². The Morgan fingerprint density at radius 1 is 0.938 bits per heavy atom. The summed E-state index contributed by atoms with van der Waals surface area (Å²) in [7, 11) is 0. The van der Waals surface area contributed by atoms with Gasteiger partial charge in [-0.25, -0.2) is 9.97 Å². The Kier molecular flexibility index (Phi) is 3.40. The molecule has 0 aliphatic heterocycles. The standard InChI is InChI=1S/C12H10Br2N2/c1-7-3-4-8(2)9(5-7)12-15-10(13)6-11(14)16-12/h3-6H,1-2H3. The lowest BCUT2D eigenvalue weighted by atomic mass is 10.1. The second-order valence-corrected chi connectivity index (χ2v) is 5.28. The van der Waals surface area contributed by atoms with Crippen molar-refractivity contribution in [1.29, 1.82) is 0 Å². The monoisotopic (exact) mass is 340 g/mol. The summed E-state index contributed by atoms with van der Waals surface area (Å²) >= 11 is 6.74. The van der Waals surface area contributed by atoms with E-state index in [9.17, 15) is 0 Å². The van der Waals surface area contributed by atoms with Crippen LogP contribution in [0.25, 0.3) is 11.4 Å². The summed E-state index contributed by atoms with van der Waals surface area (Å²) in [5.41, 5.74) is 3.46. The highest BCUT2D eigenvalue weighted by Crippen LogP contribution is 2.24. The van der Waals surface area contributed by atoms with Gasteiger partial charge in [0.1, 0.15) is 9.21 Å². The number of rotatable bonds is 1. The molecular weight excluding hydrogens is 332 g/mol. The Morgan fingerprint density at radius 3 is 2.19 bits per heavy atom. The molecule has 0 fully saturated rings. The van der Waals surface area contributed by atoms with Crippen LogP contribution in [0, 0.1) is 13.8 Å². The van der Waals surface area contributed by atoms with E-state index in [4.69, 9.17) is 0 Å². The summed E-state index contributed by atoms with van der Waals surface area (Å²) in [5, 5.41) is 0. The molecule has 0 bridgehead atoms. The molecule has 0 N–H and O–H groups in total. The van der Waals surface area contributed by atoms with Gasteiger partial charge in [0.05, 0.1) is 0 Å². The van der Waals surface area contributed by atoms with E-state index in [2.05, 4.69) is 73.9 Å². The number of benzene rings is 1. The van der Waals surface area contributed by atoms with Crippen LogP contribution < -0.4 is 0 Å². The van der Waals surface area contributed by atoms with Crippen LogP contribution >= 0.6 is 31.9 Å². The van der Waals surface area contributed by atoms with Gasteiger partial charge in [-0.3, -0.25) is 0 Å². The molecular formula is C12H10Br2N2. The number of aromatic nitrogens is 2. The maximum absolute atomic E-state index is 4.38. The summed E-state index contributed by atoms with van der Waals surface area (Å²) in [6.07, 6.45) is 0. The van der Waals surface area contributed by atoms with E-state index in [1.165, 1.54) is 11.1 Å². The first-order chi connectivity index (χ1) is 7.56. The van der Waals surface area contributed by atoms with E-state index in [0.29, 0.717) is 0 Å². The van der Waals surface area contributed by atoms with Crippen molar-refractivity contribution in [3.05, 3.63) is 44.6 Å². The van der Waals surface area contributed by atoms with Crippen LogP contribution in [0.5, 0.6) is 0 Å². The summed E-state index contributed by atoms with van der Waals surface area (Å²) in [4.78, 5) is 8.76. The molecule has 0 saturated carbocycles. The summed E-state index contributed by atoms with van der Waals surface area (Å²) in [6, 6.07) is 8.10. The zero-order valence-electron chi connectivity index (χ0n) is 8.96. The number of hydrogen-bond acceptors (Lipinski definition) is 2. The van der Waals surface area contributed by atoms with Crippen molar-refractivity contribution >= 4 is 31.9 Å². The van der Waals surface area contributed by atoms with Gasteiger partial charge in [0, 0.05) is 11.6 Å². The third-order valence-electron chi connectivity index (χ3n) is 2.30. The maximum Gasteiger partial charge on any atom is 0.161 e. The van der Waals surface area contributed by atoms with Crippen LogP contribution in [0.1, 0.15) is 11.1 Å². The smallest absolute Gasteiger partial charge is 0.161 e. The van der Waals surface area contributed by atoms with Gasteiger partial charge in [-0.15, -0.1) is 0 Å². The predicted octanol–water partition coefficient (Wildman–Crippen LogP) is 4.29. The van der Waals surface area contributed by atoms with Crippen molar-refractivity contribution in [2.24, 2.45) is 0 Å². The third kappa shape index (κ3) is 2.50. The summed E-state index contributed by atoms with van der Waals surface area (Å²) in [5.74, 6) is 0.738. The van der Waals surface area contributed by atoms with Crippen LogP contribution in [0.15, 0.2) is 33.5 Å². The normalized spacial score (nSPS) is 10.5. The quantitative estimate of drug-likeness (QED) is 0.723. The average molecular weight is 342 g/mol. The van der Waals surface area contributed by atoms with Gasteiger partial charge in [-0.1, -0.05) is 17.7 Å². The fourth-order valence-electron chi connectivity index (χ4n) is 1.49. The molecule has 82 valence electrons. The largest absolute Gasteiger partial charge is 0.221 e. The molecule has 0 saturated heterocycles. The number of aryl methyl sites for hydroxylation is 2. The van der Waals surface area contributed by atoms with E-state index in [1.807, 2.05) is 6.07 Å². The SMILES string of the molecule is Cc1ccc(C)c(-c2nc(Br)cc(Br)n2)c1.